The molecule has 0 unspecified atom stereocenters. The fraction of sp³-hybridized carbons (Fsp3) is 0.318. The number of rotatable bonds is 6. The summed E-state index contributed by atoms with van der Waals surface area (Å²) in [6, 6.07) is 13.4. The average Bonchev–Trinajstić information content (AvgIpc) is 3.28. The summed E-state index contributed by atoms with van der Waals surface area (Å²) in [5.41, 5.74) is 1.91. The van der Waals surface area contributed by atoms with Crippen LogP contribution in [-0.2, 0) is 6.54 Å². The third-order valence-electron chi connectivity index (χ3n) is 5.18. The lowest BCUT2D eigenvalue weighted by molar-refractivity contribution is 0.0877. The molecule has 28 heavy (non-hydrogen) atoms. The van der Waals surface area contributed by atoms with Crippen molar-refractivity contribution in [3.05, 3.63) is 82.6 Å². The molecule has 1 N–H and O–H groups in total. The third kappa shape index (κ3) is 4.64. The SMILES string of the molecule is O=C(N[C@@H](c1nccs1)[C@@H]1CCCN(Cc2cccnc2)C1)c1ccccc1. The van der Waals surface area contributed by atoms with E-state index in [-0.39, 0.29) is 11.9 Å². The van der Waals surface area contributed by atoms with Crippen molar-refractivity contribution in [2.45, 2.75) is 25.4 Å². The number of hydrogen-bond donors (Lipinski definition) is 1. The van der Waals surface area contributed by atoms with Crippen LogP contribution in [0.2, 0.25) is 0 Å². The van der Waals surface area contributed by atoms with Gasteiger partial charge in [0.15, 0.2) is 0 Å². The van der Waals surface area contributed by atoms with E-state index in [0.29, 0.717) is 11.5 Å². The highest BCUT2D eigenvalue weighted by Crippen LogP contribution is 2.31. The zero-order chi connectivity index (χ0) is 19.2. The molecule has 0 bridgehead atoms. The fourth-order valence-electron chi connectivity index (χ4n) is 3.84. The van der Waals surface area contributed by atoms with Crippen LogP contribution in [0.25, 0.3) is 0 Å². The smallest absolute Gasteiger partial charge is 0.251 e. The number of benzene rings is 1. The zero-order valence-corrected chi connectivity index (χ0v) is 16.5. The normalized spacial score (nSPS) is 18.5. The van der Waals surface area contributed by atoms with Crippen LogP contribution >= 0.6 is 11.3 Å². The summed E-state index contributed by atoms with van der Waals surface area (Å²) in [6.07, 6.45) is 7.76. The van der Waals surface area contributed by atoms with E-state index in [1.54, 1.807) is 17.5 Å². The highest BCUT2D eigenvalue weighted by molar-refractivity contribution is 7.09. The van der Waals surface area contributed by atoms with Gasteiger partial charge in [-0.05, 0) is 49.1 Å². The maximum Gasteiger partial charge on any atom is 0.251 e. The van der Waals surface area contributed by atoms with Gasteiger partial charge in [0.25, 0.3) is 5.91 Å². The Morgan fingerprint density at radius 2 is 2.11 bits per heavy atom. The molecule has 1 aliphatic heterocycles. The summed E-state index contributed by atoms with van der Waals surface area (Å²) >= 11 is 1.61. The lowest BCUT2D eigenvalue weighted by atomic mass is 9.90. The Hall–Kier alpha value is -2.57. The van der Waals surface area contributed by atoms with Gasteiger partial charge in [0.1, 0.15) is 5.01 Å². The molecule has 6 heteroatoms. The maximum absolute atomic E-state index is 12.8. The largest absolute Gasteiger partial charge is 0.342 e. The molecular weight excluding hydrogens is 368 g/mol. The molecule has 1 saturated heterocycles. The highest BCUT2D eigenvalue weighted by atomic mass is 32.1. The molecular formula is C22H24N4OS. The second-order valence-electron chi connectivity index (χ2n) is 7.19. The van der Waals surface area contributed by atoms with Gasteiger partial charge < -0.3 is 5.32 Å². The van der Waals surface area contributed by atoms with Gasteiger partial charge in [0.2, 0.25) is 0 Å². The van der Waals surface area contributed by atoms with Gasteiger partial charge in [-0.2, -0.15) is 0 Å². The Kier molecular flexibility index (Phi) is 6.09. The number of piperidine rings is 1. The molecule has 3 aromatic rings. The molecule has 1 fully saturated rings. The van der Waals surface area contributed by atoms with Crippen LogP contribution in [0.5, 0.6) is 0 Å². The molecule has 3 heterocycles. The molecule has 1 aliphatic rings. The monoisotopic (exact) mass is 392 g/mol. The first-order valence-electron chi connectivity index (χ1n) is 9.66. The number of pyridine rings is 1. The molecule has 0 saturated carbocycles. The van der Waals surface area contributed by atoms with E-state index in [9.17, 15) is 4.79 Å². The average molecular weight is 393 g/mol. The van der Waals surface area contributed by atoms with Gasteiger partial charge in [-0.25, -0.2) is 4.98 Å². The van der Waals surface area contributed by atoms with E-state index in [0.717, 1.165) is 37.5 Å². The van der Waals surface area contributed by atoms with Crippen LogP contribution in [0, 0.1) is 5.92 Å². The minimum absolute atomic E-state index is 0.0369. The quantitative estimate of drug-likeness (QED) is 0.691. The van der Waals surface area contributed by atoms with Crippen LogP contribution in [-0.4, -0.2) is 33.9 Å². The number of aromatic nitrogens is 2. The van der Waals surface area contributed by atoms with Gasteiger partial charge in [-0.1, -0.05) is 24.3 Å². The molecule has 0 aliphatic carbocycles. The predicted octanol–water partition coefficient (Wildman–Crippen LogP) is 3.92. The topological polar surface area (TPSA) is 58.1 Å². The van der Waals surface area contributed by atoms with E-state index in [1.807, 2.05) is 54.2 Å². The summed E-state index contributed by atoms with van der Waals surface area (Å²) in [4.78, 5) is 24.0. The zero-order valence-electron chi connectivity index (χ0n) is 15.7. The summed E-state index contributed by atoms with van der Waals surface area (Å²) in [5, 5.41) is 6.22. The van der Waals surface area contributed by atoms with E-state index in [2.05, 4.69) is 26.3 Å². The molecule has 2 aromatic heterocycles. The standard InChI is InChI=1S/C22H24N4OS/c27-21(18-7-2-1-3-8-18)25-20(22-24-11-13-28-22)19-9-5-12-26(16-19)15-17-6-4-10-23-14-17/h1-4,6-8,10-11,13-14,19-20H,5,9,12,15-16H2,(H,25,27)/t19-,20-/m1/s1. The number of nitrogens with zero attached hydrogens (tertiary/aromatic N) is 3. The Balaban J connectivity index is 1.49. The molecule has 0 spiro atoms. The van der Waals surface area contributed by atoms with E-state index in [4.69, 9.17) is 0 Å². The van der Waals surface area contributed by atoms with E-state index < -0.39 is 0 Å². The summed E-state index contributed by atoms with van der Waals surface area (Å²) in [5.74, 6) is 0.300. The second-order valence-corrected chi connectivity index (χ2v) is 8.11. The summed E-state index contributed by atoms with van der Waals surface area (Å²) in [6.45, 7) is 2.90. The van der Waals surface area contributed by atoms with Crippen LogP contribution in [0.3, 0.4) is 0 Å². The third-order valence-corrected chi connectivity index (χ3v) is 6.04. The van der Waals surface area contributed by atoms with Crippen LogP contribution in [0.4, 0.5) is 0 Å². The Morgan fingerprint density at radius 1 is 1.21 bits per heavy atom. The molecule has 1 aromatic carbocycles. The minimum Gasteiger partial charge on any atom is -0.342 e. The number of likely N-dealkylation sites (tertiary alicyclic amines) is 1. The van der Waals surface area contributed by atoms with Crippen molar-refractivity contribution in [3.63, 3.8) is 0 Å². The van der Waals surface area contributed by atoms with Crippen molar-refractivity contribution in [2.24, 2.45) is 5.92 Å². The molecule has 1 amide bonds. The van der Waals surface area contributed by atoms with Gasteiger partial charge in [0, 0.05) is 42.6 Å². The summed E-state index contributed by atoms with van der Waals surface area (Å²) < 4.78 is 0. The van der Waals surface area contributed by atoms with Gasteiger partial charge in [0.05, 0.1) is 6.04 Å². The number of carbonyl (C=O) groups excluding carboxylic acids is 1. The molecule has 144 valence electrons. The Morgan fingerprint density at radius 3 is 2.86 bits per heavy atom. The van der Waals surface area contributed by atoms with E-state index >= 15 is 0 Å². The van der Waals surface area contributed by atoms with Crippen LogP contribution in [0.1, 0.15) is 39.8 Å². The van der Waals surface area contributed by atoms with Crippen molar-refractivity contribution < 1.29 is 4.79 Å². The molecule has 4 rings (SSSR count). The van der Waals surface area contributed by atoms with E-state index in [1.165, 1.54) is 5.56 Å². The lowest BCUT2D eigenvalue weighted by Crippen LogP contribution is -2.42. The van der Waals surface area contributed by atoms with Crippen molar-refractivity contribution >= 4 is 17.2 Å². The maximum atomic E-state index is 12.8. The van der Waals surface area contributed by atoms with Crippen molar-refractivity contribution in [2.75, 3.05) is 13.1 Å². The van der Waals surface area contributed by atoms with Gasteiger partial charge in [-0.15, -0.1) is 11.3 Å². The predicted molar refractivity (Wildman–Crippen MR) is 111 cm³/mol. The number of amides is 1. The first kappa shape index (κ1) is 18.8. The Labute approximate surface area is 169 Å². The number of hydrogen-bond acceptors (Lipinski definition) is 5. The minimum atomic E-state index is -0.0654. The summed E-state index contributed by atoms with van der Waals surface area (Å²) in [7, 11) is 0. The fourth-order valence-corrected chi connectivity index (χ4v) is 4.62. The number of carbonyl (C=O) groups is 1. The highest BCUT2D eigenvalue weighted by Gasteiger charge is 2.31. The van der Waals surface area contributed by atoms with Gasteiger partial charge in [-0.3, -0.25) is 14.7 Å². The first-order chi connectivity index (χ1) is 13.8. The van der Waals surface area contributed by atoms with Crippen molar-refractivity contribution in [1.29, 1.82) is 0 Å². The van der Waals surface area contributed by atoms with Crippen molar-refractivity contribution in [1.82, 2.24) is 20.2 Å². The second kappa shape index (κ2) is 9.08. The molecule has 2 atom stereocenters. The van der Waals surface area contributed by atoms with Crippen molar-refractivity contribution in [3.8, 4) is 0 Å². The lowest BCUT2D eigenvalue weighted by Gasteiger charge is -2.36. The van der Waals surface area contributed by atoms with Crippen LogP contribution in [0.15, 0.2) is 66.4 Å². The molecule has 0 radical (unpaired) electrons. The van der Waals surface area contributed by atoms with Crippen LogP contribution < -0.4 is 5.32 Å². The number of nitrogens with one attached hydrogen (secondary N) is 1. The van der Waals surface area contributed by atoms with Gasteiger partial charge >= 0.3 is 0 Å². The Bertz CT molecular complexity index is 870. The first-order valence-corrected chi connectivity index (χ1v) is 10.5. The number of thiazole rings is 1. The molecule has 5 nitrogen and oxygen atoms in total.